The fourth-order valence-corrected chi connectivity index (χ4v) is 1.62. The van der Waals surface area contributed by atoms with E-state index in [4.69, 9.17) is 5.11 Å². The zero-order valence-electron chi connectivity index (χ0n) is 10.1. The van der Waals surface area contributed by atoms with Crippen LogP contribution in [-0.4, -0.2) is 31.3 Å². The summed E-state index contributed by atoms with van der Waals surface area (Å²) in [5, 5.41) is 19.5. The first kappa shape index (κ1) is 13.1. The number of carboxylic acid groups (broad SMARTS) is 1. The Kier molecular flexibility index (Phi) is 3.24. The van der Waals surface area contributed by atoms with Gasteiger partial charge in [-0.3, -0.25) is 0 Å². The minimum Gasteiger partial charge on any atom is -0.477 e. The van der Waals surface area contributed by atoms with Gasteiger partial charge in [0, 0.05) is 18.1 Å². The van der Waals surface area contributed by atoms with Gasteiger partial charge < -0.3 is 5.11 Å². The molecule has 0 saturated heterocycles. The molecule has 0 aliphatic rings. The van der Waals surface area contributed by atoms with Crippen LogP contribution in [0.25, 0.3) is 5.69 Å². The topological polar surface area (TPSA) is 80.9 Å². The lowest BCUT2D eigenvalue weighted by atomic mass is 10.1. The lowest BCUT2D eigenvalue weighted by molar-refractivity contribution is 0.0686. The first-order valence-corrected chi connectivity index (χ1v) is 5.42. The Labute approximate surface area is 106 Å². The second-order valence-corrected chi connectivity index (χ2v) is 4.19. The standard InChI is InChI=1S/C11H10F2N4O2/c1-5(2)10-14-15-16-17(10)6-3-7(12)9(11(18)19)8(13)4-6/h3-5H,1-2H3,(H,18,19). The molecule has 0 spiro atoms. The highest BCUT2D eigenvalue weighted by Gasteiger charge is 2.20. The number of aromatic nitrogens is 4. The summed E-state index contributed by atoms with van der Waals surface area (Å²) in [6.45, 7) is 3.64. The first-order valence-electron chi connectivity index (χ1n) is 5.42. The molecule has 19 heavy (non-hydrogen) atoms. The number of hydrogen-bond donors (Lipinski definition) is 1. The van der Waals surface area contributed by atoms with Gasteiger partial charge in [0.05, 0.1) is 5.69 Å². The minimum atomic E-state index is -1.66. The Balaban J connectivity index is 2.59. The minimum absolute atomic E-state index is 0.0358. The predicted octanol–water partition coefficient (Wildman–Crippen LogP) is 1.76. The molecule has 6 nitrogen and oxygen atoms in total. The van der Waals surface area contributed by atoms with Crippen molar-refractivity contribution < 1.29 is 18.7 Å². The van der Waals surface area contributed by atoms with Gasteiger partial charge in [-0.2, -0.15) is 4.68 Å². The molecule has 0 radical (unpaired) electrons. The summed E-state index contributed by atoms with van der Waals surface area (Å²) in [6.07, 6.45) is 0. The van der Waals surface area contributed by atoms with E-state index in [1.165, 1.54) is 4.68 Å². The van der Waals surface area contributed by atoms with Crippen LogP contribution in [0.3, 0.4) is 0 Å². The highest BCUT2D eigenvalue weighted by atomic mass is 19.1. The van der Waals surface area contributed by atoms with Gasteiger partial charge in [-0.25, -0.2) is 13.6 Å². The molecular formula is C11H10F2N4O2. The quantitative estimate of drug-likeness (QED) is 0.917. The number of tetrazole rings is 1. The van der Waals surface area contributed by atoms with Crippen LogP contribution in [0.4, 0.5) is 8.78 Å². The van der Waals surface area contributed by atoms with Crippen molar-refractivity contribution in [1.29, 1.82) is 0 Å². The molecule has 0 saturated carbocycles. The largest absolute Gasteiger partial charge is 0.477 e. The molecule has 8 heteroatoms. The molecule has 100 valence electrons. The van der Waals surface area contributed by atoms with E-state index >= 15 is 0 Å². The molecule has 0 aliphatic carbocycles. The third-order valence-electron chi connectivity index (χ3n) is 2.50. The van der Waals surface area contributed by atoms with Crippen molar-refractivity contribution >= 4 is 5.97 Å². The van der Waals surface area contributed by atoms with E-state index in [0.717, 1.165) is 12.1 Å². The van der Waals surface area contributed by atoms with E-state index in [1.54, 1.807) is 0 Å². The molecule has 2 aromatic rings. The van der Waals surface area contributed by atoms with Crippen molar-refractivity contribution in [1.82, 2.24) is 20.2 Å². The molecule has 0 aliphatic heterocycles. The number of carbonyl (C=O) groups is 1. The van der Waals surface area contributed by atoms with Gasteiger partial charge >= 0.3 is 5.97 Å². The summed E-state index contributed by atoms with van der Waals surface area (Å²) in [5.74, 6) is -3.65. The van der Waals surface area contributed by atoms with Gasteiger partial charge in [0.2, 0.25) is 0 Å². The summed E-state index contributed by atoms with van der Waals surface area (Å²) in [4.78, 5) is 10.7. The van der Waals surface area contributed by atoms with Crippen molar-refractivity contribution in [2.24, 2.45) is 0 Å². The van der Waals surface area contributed by atoms with E-state index in [0.29, 0.717) is 5.82 Å². The highest BCUT2D eigenvalue weighted by Crippen LogP contribution is 2.20. The second kappa shape index (κ2) is 4.71. The molecule has 1 N–H and O–H groups in total. The lowest BCUT2D eigenvalue weighted by Gasteiger charge is -2.08. The number of carboxylic acids is 1. The maximum atomic E-state index is 13.6. The van der Waals surface area contributed by atoms with Crippen LogP contribution in [0.5, 0.6) is 0 Å². The fourth-order valence-electron chi connectivity index (χ4n) is 1.62. The number of rotatable bonds is 3. The average Bonchev–Trinajstić information content (AvgIpc) is 2.75. The molecule has 2 rings (SSSR count). The van der Waals surface area contributed by atoms with Gasteiger partial charge in [-0.15, -0.1) is 5.10 Å². The van der Waals surface area contributed by atoms with E-state index in [-0.39, 0.29) is 11.6 Å². The third kappa shape index (κ3) is 2.28. The maximum Gasteiger partial charge on any atom is 0.341 e. The van der Waals surface area contributed by atoms with E-state index in [2.05, 4.69) is 15.5 Å². The molecule has 0 bridgehead atoms. The molecule has 1 aromatic heterocycles. The zero-order valence-corrected chi connectivity index (χ0v) is 10.1. The van der Waals surface area contributed by atoms with Gasteiger partial charge in [0.15, 0.2) is 5.82 Å². The molecule has 0 unspecified atom stereocenters. The van der Waals surface area contributed by atoms with Crippen molar-refractivity contribution in [2.45, 2.75) is 19.8 Å². The summed E-state index contributed by atoms with van der Waals surface area (Å²) in [5.41, 5.74) is -0.961. The van der Waals surface area contributed by atoms with E-state index in [9.17, 15) is 13.6 Å². The molecule has 0 fully saturated rings. The monoisotopic (exact) mass is 268 g/mol. The molecule has 1 heterocycles. The number of nitrogens with zero attached hydrogens (tertiary/aromatic N) is 4. The van der Waals surface area contributed by atoms with Crippen LogP contribution in [-0.2, 0) is 0 Å². The van der Waals surface area contributed by atoms with Crippen LogP contribution in [0.2, 0.25) is 0 Å². The summed E-state index contributed by atoms with van der Waals surface area (Å²) >= 11 is 0. The highest BCUT2D eigenvalue weighted by molar-refractivity contribution is 5.88. The Bertz CT molecular complexity index is 616. The Morgan fingerprint density at radius 3 is 2.37 bits per heavy atom. The van der Waals surface area contributed by atoms with Crippen molar-refractivity contribution in [3.05, 3.63) is 35.2 Å². The first-order chi connectivity index (χ1) is 8.91. The SMILES string of the molecule is CC(C)c1nnnn1-c1cc(F)c(C(=O)O)c(F)c1. The van der Waals surface area contributed by atoms with Crippen molar-refractivity contribution in [2.75, 3.05) is 0 Å². The van der Waals surface area contributed by atoms with Crippen LogP contribution in [0.1, 0.15) is 35.9 Å². The summed E-state index contributed by atoms with van der Waals surface area (Å²) < 4.78 is 28.3. The van der Waals surface area contributed by atoms with Crippen LogP contribution < -0.4 is 0 Å². The van der Waals surface area contributed by atoms with Crippen LogP contribution in [0.15, 0.2) is 12.1 Å². The van der Waals surface area contributed by atoms with Crippen LogP contribution >= 0.6 is 0 Å². The van der Waals surface area contributed by atoms with Gasteiger partial charge in [-0.1, -0.05) is 13.8 Å². The third-order valence-corrected chi connectivity index (χ3v) is 2.50. The predicted molar refractivity (Wildman–Crippen MR) is 60.1 cm³/mol. The Hall–Kier alpha value is -2.38. The molecular weight excluding hydrogens is 258 g/mol. The molecule has 0 amide bonds. The van der Waals surface area contributed by atoms with Gasteiger partial charge in [0.1, 0.15) is 17.2 Å². The smallest absolute Gasteiger partial charge is 0.341 e. The second-order valence-electron chi connectivity index (χ2n) is 4.19. The van der Waals surface area contributed by atoms with Gasteiger partial charge in [0.25, 0.3) is 0 Å². The number of halogens is 2. The summed E-state index contributed by atoms with van der Waals surface area (Å²) in [7, 11) is 0. The van der Waals surface area contributed by atoms with Gasteiger partial charge in [-0.05, 0) is 10.4 Å². The summed E-state index contributed by atoms with van der Waals surface area (Å²) in [6, 6.07) is 1.77. The zero-order chi connectivity index (χ0) is 14.2. The fraction of sp³-hybridized carbons (Fsp3) is 0.273. The lowest BCUT2D eigenvalue weighted by Crippen LogP contribution is -2.10. The average molecular weight is 268 g/mol. The number of hydrogen-bond acceptors (Lipinski definition) is 4. The van der Waals surface area contributed by atoms with Crippen LogP contribution in [0, 0.1) is 11.6 Å². The van der Waals surface area contributed by atoms with Crippen molar-refractivity contribution in [3.63, 3.8) is 0 Å². The van der Waals surface area contributed by atoms with Crippen molar-refractivity contribution in [3.8, 4) is 5.69 Å². The normalized spacial score (nSPS) is 11.0. The molecule has 1 aromatic carbocycles. The number of benzene rings is 1. The molecule has 0 atom stereocenters. The Morgan fingerprint density at radius 2 is 1.89 bits per heavy atom. The van der Waals surface area contributed by atoms with E-state index < -0.39 is 23.2 Å². The maximum absolute atomic E-state index is 13.6. The number of aromatic carboxylic acids is 1. The van der Waals surface area contributed by atoms with E-state index in [1.807, 2.05) is 13.8 Å². The Morgan fingerprint density at radius 1 is 1.32 bits per heavy atom.